The molecule has 3 nitrogen and oxygen atoms in total. The fourth-order valence-corrected chi connectivity index (χ4v) is 3.12. The standard InChI is InChI=1S/C18H22N2O/c1-13(20-17-11-4-5-12-19-18(17)21)15-10-6-8-14-7-2-3-9-16(14)15/h2-3,6-10,13,17,20H,4-5,11-12H2,1H3,(H,19,21). The fraction of sp³-hybridized carbons (Fsp3) is 0.389. The average Bonchev–Trinajstić information content (AvgIpc) is 2.71. The maximum Gasteiger partial charge on any atom is 0.237 e. The third-order valence-corrected chi connectivity index (χ3v) is 4.28. The monoisotopic (exact) mass is 282 g/mol. The van der Waals surface area contributed by atoms with Crippen molar-refractivity contribution in [2.75, 3.05) is 6.54 Å². The van der Waals surface area contributed by atoms with E-state index in [4.69, 9.17) is 0 Å². The molecule has 1 saturated heterocycles. The SMILES string of the molecule is CC(NC1CCCCNC1=O)c1cccc2ccccc12. The number of hydrogen-bond donors (Lipinski definition) is 2. The highest BCUT2D eigenvalue weighted by Crippen LogP contribution is 2.25. The molecular formula is C18H22N2O. The van der Waals surface area contributed by atoms with E-state index in [-0.39, 0.29) is 18.0 Å². The van der Waals surface area contributed by atoms with E-state index in [1.165, 1.54) is 16.3 Å². The third-order valence-electron chi connectivity index (χ3n) is 4.28. The Hall–Kier alpha value is -1.87. The van der Waals surface area contributed by atoms with E-state index in [0.717, 1.165) is 25.8 Å². The lowest BCUT2D eigenvalue weighted by Gasteiger charge is -2.22. The summed E-state index contributed by atoms with van der Waals surface area (Å²) < 4.78 is 0. The van der Waals surface area contributed by atoms with E-state index in [1.807, 2.05) is 0 Å². The van der Waals surface area contributed by atoms with Crippen LogP contribution in [0.15, 0.2) is 42.5 Å². The molecule has 1 amide bonds. The van der Waals surface area contributed by atoms with Crippen molar-refractivity contribution < 1.29 is 4.79 Å². The summed E-state index contributed by atoms with van der Waals surface area (Å²) in [6, 6.07) is 14.8. The maximum atomic E-state index is 12.1. The van der Waals surface area contributed by atoms with E-state index in [1.54, 1.807) is 0 Å². The van der Waals surface area contributed by atoms with E-state index in [2.05, 4.69) is 60.0 Å². The first-order valence-corrected chi connectivity index (χ1v) is 7.77. The Morgan fingerprint density at radius 1 is 1.14 bits per heavy atom. The van der Waals surface area contributed by atoms with Gasteiger partial charge in [-0.05, 0) is 42.5 Å². The topological polar surface area (TPSA) is 41.1 Å². The molecule has 0 saturated carbocycles. The molecule has 1 aliphatic rings. The number of nitrogens with one attached hydrogen (secondary N) is 2. The molecule has 21 heavy (non-hydrogen) atoms. The normalized spacial score (nSPS) is 20.8. The second kappa shape index (κ2) is 6.27. The molecule has 0 aromatic heterocycles. The van der Waals surface area contributed by atoms with Crippen LogP contribution in [0.3, 0.4) is 0 Å². The molecule has 2 unspecified atom stereocenters. The molecule has 3 heteroatoms. The summed E-state index contributed by atoms with van der Waals surface area (Å²) in [6.45, 7) is 2.94. The Morgan fingerprint density at radius 2 is 1.95 bits per heavy atom. The summed E-state index contributed by atoms with van der Waals surface area (Å²) in [6.07, 6.45) is 3.09. The number of hydrogen-bond acceptors (Lipinski definition) is 2. The summed E-state index contributed by atoms with van der Waals surface area (Å²) in [4.78, 5) is 12.1. The van der Waals surface area contributed by atoms with Crippen LogP contribution in [0.5, 0.6) is 0 Å². The molecule has 3 rings (SSSR count). The molecular weight excluding hydrogens is 260 g/mol. The lowest BCUT2D eigenvalue weighted by molar-refractivity contribution is -0.123. The third kappa shape index (κ3) is 3.08. The van der Waals surface area contributed by atoms with E-state index in [9.17, 15) is 4.79 Å². The van der Waals surface area contributed by atoms with Crippen LogP contribution in [0.25, 0.3) is 10.8 Å². The van der Waals surface area contributed by atoms with Crippen molar-refractivity contribution in [3.8, 4) is 0 Å². The number of benzene rings is 2. The fourth-order valence-electron chi connectivity index (χ4n) is 3.12. The summed E-state index contributed by atoms with van der Waals surface area (Å²) in [5, 5.41) is 8.99. The van der Waals surface area contributed by atoms with Gasteiger partial charge in [-0.2, -0.15) is 0 Å². The zero-order valence-electron chi connectivity index (χ0n) is 12.4. The van der Waals surface area contributed by atoms with Gasteiger partial charge in [0.1, 0.15) is 0 Å². The van der Waals surface area contributed by atoms with Crippen molar-refractivity contribution in [3.05, 3.63) is 48.0 Å². The quantitative estimate of drug-likeness (QED) is 0.908. The maximum absolute atomic E-state index is 12.1. The number of rotatable bonds is 3. The van der Waals surface area contributed by atoms with Crippen molar-refractivity contribution in [2.45, 2.75) is 38.3 Å². The summed E-state index contributed by atoms with van der Waals surface area (Å²) in [5.74, 6) is 0.139. The Labute approximate surface area is 125 Å². The largest absolute Gasteiger partial charge is 0.355 e. The first-order chi connectivity index (χ1) is 10.3. The highest BCUT2D eigenvalue weighted by molar-refractivity contribution is 5.86. The van der Waals surface area contributed by atoms with E-state index >= 15 is 0 Å². The molecule has 1 aliphatic heterocycles. The highest BCUT2D eigenvalue weighted by Gasteiger charge is 2.22. The van der Waals surface area contributed by atoms with Gasteiger partial charge in [-0.1, -0.05) is 42.5 Å². The van der Waals surface area contributed by atoms with Gasteiger partial charge in [-0.25, -0.2) is 0 Å². The minimum Gasteiger partial charge on any atom is -0.355 e. The molecule has 0 spiro atoms. The van der Waals surface area contributed by atoms with E-state index < -0.39 is 0 Å². The molecule has 0 radical (unpaired) electrons. The van der Waals surface area contributed by atoms with Crippen LogP contribution in [0.1, 0.15) is 37.8 Å². The minimum absolute atomic E-state index is 0.0820. The number of carbonyl (C=O) groups is 1. The molecule has 0 aliphatic carbocycles. The lowest BCUT2D eigenvalue weighted by atomic mass is 9.98. The summed E-state index contributed by atoms with van der Waals surface area (Å²) in [5.41, 5.74) is 1.25. The van der Waals surface area contributed by atoms with Crippen molar-refractivity contribution in [1.82, 2.24) is 10.6 Å². The first-order valence-electron chi connectivity index (χ1n) is 7.77. The van der Waals surface area contributed by atoms with Crippen LogP contribution in [0, 0.1) is 0 Å². The van der Waals surface area contributed by atoms with Crippen LogP contribution in [-0.4, -0.2) is 18.5 Å². The summed E-state index contributed by atoms with van der Waals surface area (Å²) in [7, 11) is 0. The second-order valence-electron chi connectivity index (χ2n) is 5.80. The smallest absolute Gasteiger partial charge is 0.237 e. The van der Waals surface area contributed by atoms with Crippen molar-refractivity contribution >= 4 is 16.7 Å². The van der Waals surface area contributed by atoms with Gasteiger partial charge >= 0.3 is 0 Å². The second-order valence-corrected chi connectivity index (χ2v) is 5.80. The molecule has 2 aromatic carbocycles. The average molecular weight is 282 g/mol. The number of carbonyl (C=O) groups excluding carboxylic acids is 1. The van der Waals surface area contributed by atoms with Gasteiger partial charge in [0.05, 0.1) is 6.04 Å². The van der Waals surface area contributed by atoms with Gasteiger partial charge in [-0.15, -0.1) is 0 Å². The van der Waals surface area contributed by atoms with Gasteiger partial charge in [-0.3, -0.25) is 10.1 Å². The van der Waals surface area contributed by atoms with Crippen LogP contribution in [0.2, 0.25) is 0 Å². The predicted molar refractivity (Wildman–Crippen MR) is 86.1 cm³/mol. The molecule has 2 atom stereocenters. The molecule has 2 N–H and O–H groups in total. The van der Waals surface area contributed by atoms with Gasteiger partial charge in [0.25, 0.3) is 0 Å². The number of amides is 1. The molecule has 1 fully saturated rings. The van der Waals surface area contributed by atoms with Gasteiger partial charge in [0.15, 0.2) is 0 Å². The van der Waals surface area contributed by atoms with E-state index in [0.29, 0.717) is 0 Å². The van der Waals surface area contributed by atoms with Crippen molar-refractivity contribution in [2.24, 2.45) is 0 Å². The molecule has 1 heterocycles. The summed E-state index contributed by atoms with van der Waals surface area (Å²) >= 11 is 0. The van der Waals surface area contributed by atoms with Crippen LogP contribution < -0.4 is 10.6 Å². The zero-order valence-corrected chi connectivity index (χ0v) is 12.4. The Balaban J connectivity index is 1.83. The minimum atomic E-state index is -0.0820. The van der Waals surface area contributed by atoms with Crippen LogP contribution >= 0.6 is 0 Å². The Kier molecular flexibility index (Phi) is 4.20. The Bertz CT molecular complexity index is 633. The molecule has 110 valence electrons. The van der Waals surface area contributed by atoms with Gasteiger partial charge in [0.2, 0.25) is 5.91 Å². The highest BCUT2D eigenvalue weighted by atomic mass is 16.2. The van der Waals surface area contributed by atoms with Crippen LogP contribution in [0.4, 0.5) is 0 Å². The van der Waals surface area contributed by atoms with Gasteiger partial charge < -0.3 is 5.32 Å². The van der Waals surface area contributed by atoms with Crippen molar-refractivity contribution in [1.29, 1.82) is 0 Å². The molecule has 0 bridgehead atoms. The predicted octanol–water partition coefficient (Wildman–Crippen LogP) is 3.16. The lowest BCUT2D eigenvalue weighted by Crippen LogP contribution is -2.43. The van der Waals surface area contributed by atoms with Crippen molar-refractivity contribution in [3.63, 3.8) is 0 Å². The number of fused-ring (bicyclic) bond motifs is 1. The Morgan fingerprint density at radius 3 is 2.86 bits per heavy atom. The van der Waals surface area contributed by atoms with Gasteiger partial charge in [0, 0.05) is 12.6 Å². The zero-order chi connectivity index (χ0) is 14.7. The molecule has 2 aromatic rings. The van der Waals surface area contributed by atoms with Crippen LogP contribution in [-0.2, 0) is 4.79 Å². The first kappa shape index (κ1) is 14.1.